The Labute approximate surface area is 162 Å². The van der Waals surface area contributed by atoms with Gasteiger partial charge >= 0.3 is 0 Å². The van der Waals surface area contributed by atoms with Crippen molar-refractivity contribution in [2.24, 2.45) is 0 Å². The summed E-state index contributed by atoms with van der Waals surface area (Å²) in [6.07, 6.45) is 0.955. The van der Waals surface area contributed by atoms with Gasteiger partial charge in [-0.25, -0.2) is 0 Å². The SMILES string of the molecule is CCOc1cc2c(cc1NC(=O)c1ccc(-c3nc(C)no3)cc1)O[C@@H](C)C2. The van der Waals surface area contributed by atoms with Crippen molar-refractivity contribution < 1.29 is 18.8 Å². The van der Waals surface area contributed by atoms with Crippen LogP contribution in [0, 0.1) is 6.92 Å². The number of carbonyl (C=O) groups is 1. The fraction of sp³-hybridized carbons (Fsp3) is 0.286. The van der Waals surface area contributed by atoms with Gasteiger partial charge in [0.25, 0.3) is 11.8 Å². The molecule has 0 radical (unpaired) electrons. The summed E-state index contributed by atoms with van der Waals surface area (Å²) in [7, 11) is 0. The van der Waals surface area contributed by atoms with E-state index in [1.165, 1.54) is 0 Å². The molecular formula is C21H21N3O4. The zero-order valence-corrected chi connectivity index (χ0v) is 16.0. The van der Waals surface area contributed by atoms with Crippen LogP contribution in [-0.4, -0.2) is 28.8 Å². The Morgan fingerprint density at radius 3 is 2.75 bits per heavy atom. The van der Waals surface area contributed by atoms with Gasteiger partial charge in [0.05, 0.1) is 12.3 Å². The zero-order valence-electron chi connectivity index (χ0n) is 16.0. The van der Waals surface area contributed by atoms with Crippen LogP contribution < -0.4 is 14.8 Å². The van der Waals surface area contributed by atoms with Crippen molar-refractivity contribution in [2.75, 3.05) is 11.9 Å². The number of carbonyl (C=O) groups excluding carboxylic acids is 1. The van der Waals surface area contributed by atoms with E-state index in [4.69, 9.17) is 14.0 Å². The number of hydrogen-bond donors (Lipinski definition) is 1. The summed E-state index contributed by atoms with van der Waals surface area (Å²) in [6.45, 7) is 6.20. The fourth-order valence-corrected chi connectivity index (χ4v) is 3.18. The van der Waals surface area contributed by atoms with E-state index in [-0.39, 0.29) is 12.0 Å². The molecule has 144 valence electrons. The predicted octanol–water partition coefficient (Wildman–Crippen LogP) is 4.02. The van der Waals surface area contributed by atoms with Crippen LogP contribution in [0.2, 0.25) is 0 Å². The molecule has 7 heteroatoms. The molecule has 0 bridgehead atoms. The summed E-state index contributed by atoms with van der Waals surface area (Å²) in [5.74, 6) is 2.18. The Bertz CT molecular complexity index is 1010. The van der Waals surface area contributed by atoms with Crippen LogP contribution in [0.15, 0.2) is 40.9 Å². The number of ether oxygens (including phenoxy) is 2. The van der Waals surface area contributed by atoms with E-state index >= 15 is 0 Å². The first kappa shape index (κ1) is 18.0. The molecule has 0 spiro atoms. The Morgan fingerprint density at radius 2 is 2.07 bits per heavy atom. The molecule has 1 amide bonds. The van der Waals surface area contributed by atoms with E-state index in [0.717, 1.165) is 23.3 Å². The second kappa shape index (κ2) is 7.34. The third-order valence-corrected chi connectivity index (χ3v) is 4.47. The van der Waals surface area contributed by atoms with Gasteiger partial charge in [-0.15, -0.1) is 0 Å². The minimum atomic E-state index is -0.236. The number of amides is 1. The molecule has 3 aromatic rings. The van der Waals surface area contributed by atoms with Crippen LogP contribution >= 0.6 is 0 Å². The number of aryl methyl sites for hydroxylation is 1. The minimum absolute atomic E-state index is 0.122. The molecule has 0 aliphatic carbocycles. The molecule has 1 aromatic heterocycles. The maximum absolute atomic E-state index is 12.7. The molecule has 1 aliphatic heterocycles. The van der Waals surface area contributed by atoms with Crippen molar-refractivity contribution in [1.29, 1.82) is 0 Å². The molecule has 1 atom stereocenters. The highest BCUT2D eigenvalue weighted by molar-refractivity contribution is 6.05. The monoisotopic (exact) mass is 379 g/mol. The van der Waals surface area contributed by atoms with E-state index < -0.39 is 0 Å². The summed E-state index contributed by atoms with van der Waals surface area (Å²) in [6, 6.07) is 10.8. The lowest BCUT2D eigenvalue weighted by molar-refractivity contribution is 0.102. The van der Waals surface area contributed by atoms with Crippen molar-refractivity contribution in [2.45, 2.75) is 33.3 Å². The van der Waals surface area contributed by atoms with Gasteiger partial charge in [-0.05, 0) is 51.1 Å². The molecule has 1 N–H and O–H groups in total. The van der Waals surface area contributed by atoms with Gasteiger partial charge in [0.15, 0.2) is 5.82 Å². The van der Waals surface area contributed by atoms with E-state index in [1.54, 1.807) is 31.2 Å². The molecule has 0 unspecified atom stereocenters. The van der Waals surface area contributed by atoms with Crippen molar-refractivity contribution in [1.82, 2.24) is 10.1 Å². The van der Waals surface area contributed by atoms with Crippen LogP contribution in [0.5, 0.6) is 11.5 Å². The first-order valence-electron chi connectivity index (χ1n) is 9.22. The molecular weight excluding hydrogens is 358 g/mol. The van der Waals surface area contributed by atoms with E-state index in [0.29, 0.717) is 35.3 Å². The molecule has 4 rings (SSSR count). The van der Waals surface area contributed by atoms with E-state index in [2.05, 4.69) is 15.5 Å². The van der Waals surface area contributed by atoms with Crippen molar-refractivity contribution >= 4 is 11.6 Å². The Balaban J connectivity index is 1.55. The van der Waals surface area contributed by atoms with Gasteiger partial charge in [0.1, 0.15) is 17.6 Å². The van der Waals surface area contributed by atoms with Gasteiger partial charge in [0.2, 0.25) is 0 Å². The second-order valence-electron chi connectivity index (χ2n) is 6.70. The quantitative estimate of drug-likeness (QED) is 0.720. The van der Waals surface area contributed by atoms with Gasteiger partial charge in [0, 0.05) is 29.2 Å². The van der Waals surface area contributed by atoms with Crippen LogP contribution in [0.25, 0.3) is 11.5 Å². The number of hydrogen-bond acceptors (Lipinski definition) is 6. The first-order valence-corrected chi connectivity index (χ1v) is 9.22. The topological polar surface area (TPSA) is 86.5 Å². The number of anilines is 1. The number of rotatable bonds is 5. The highest BCUT2D eigenvalue weighted by atomic mass is 16.5. The minimum Gasteiger partial charge on any atom is -0.492 e. The molecule has 0 saturated carbocycles. The zero-order chi connectivity index (χ0) is 19.7. The molecule has 28 heavy (non-hydrogen) atoms. The highest BCUT2D eigenvalue weighted by Crippen LogP contribution is 2.38. The first-order chi connectivity index (χ1) is 13.5. The summed E-state index contributed by atoms with van der Waals surface area (Å²) in [5, 5.41) is 6.70. The van der Waals surface area contributed by atoms with Crippen LogP contribution in [0.3, 0.4) is 0 Å². The largest absolute Gasteiger partial charge is 0.492 e. The molecule has 7 nitrogen and oxygen atoms in total. The summed E-state index contributed by atoms with van der Waals surface area (Å²) < 4.78 is 16.7. The third-order valence-electron chi connectivity index (χ3n) is 4.47. The van der Waals surface area contributed by atoms with Gasteiger partial charge in [-0.2, -0.15) is 4.98 Å². The van der Waals surface area contributed by atoms with E-state index in [9.17, 15) is 4.79 Å². The number of aromatic nitrogens is 2. The number of benzene rings is 2. The van der Waals surface area contributed by atoms with E-state index in [1.807, 2.05) is 26.0 Å². The lowest BCUT2D eigenvalue weighted by Crippen LogP contribution is -2.13. The van der Waals surface area contributed by atoms with Crippen LogP contribution in [0.4, 0.5) is 5.69 Å². The predicted molar refractivity (Wildman–Crippen MR) is 104 cm³/mol. The lowest BCUT2D eigenvalue weighted by Gasteiger charge is -2.13. The standard InChI is InChI=1S/C21H21N3O4/c1-4-26-19-10-16-9-12(2)27-18(16)11-17(19)23-20(25)14-5-7-15(8-6-14)21-22-13(3)24-28-21/h5-8,10-12H,4,9H2,1-3H3,(H,23,25)/t12-/m0/s1. The average Bonchev–Trinajstić information content (AvgIpc) is 3.26. The smallest absolute Gasteiger partial charge is 0.257 e. The highest BCUT2D eigenvalue weighted by Gasteiger charge is 2.23. The summed E-state index contributed by atoms with van der Waals surface area (Å²) >= 11 is 0. The molecule has 0 saturated heterocycles. The second-order valence-corrected chi connectivity index (χ2v) is 6.70. The Morgan fingerprint density at radius 1 is 1.29 bits per heavy atom. The third kappa shape index (κ3) is 3.55. The molecule has 2 heterocycles. The molecule has 2 aromatic carbocycles. The van der Waals surface area contributed by atoms with Crippen LogP contribution in [0.1, 0.15) is 35.6 Å². The van der Waals surface area contributed by atoms with Crippen molar-refractivity contribution in [3.63, 3.8) is 0 Å². The Hall–Kier alpha value is -3.35. The number of fused-ring (bicyclic) bond motifs is 1. The lowest BCUT2D eigenvalue weighted by atomic mass is 10.1. The number of nitrogens with zero attached hydrogens (tertiary/aromatic N) is 2. The summed E-state index contributed by atoms with van der Waals surface area (Å²) in [4.78, 5) is 16.9. The van der Waals surface area contributed by atoms with Gasteiger partial charge in [-0.3, -0.25) is 4.79 Å². The fourth-order valence-electron chi connectivity index (χ4n) is 3.18. The average molecular weight is 379 g/mol. The van der Waals surface area contributed by atoms with Crippen molar-refractivity contribution in [3.05, 3.63) is 53.3 Å². The normalized spacial score (nSPS) is 15.0. The van der Waals surface area contributed by atoms with Gasteiger partial charge in [-0.1, -0.05) is 5.16 Å². The van der Waals surface area contributed by atoms with Crippen LogP contribution in [-0.2, 0) is 6.42 Å². The maximum Gasteiger partial charge on any atom is 0.257 e. The Kier molecular flexibility index (Phi) is 4.73. The maximum atomic E-state index is 12.7. The van der Waals surface area contributed by atoms with Gasteiger partial charge < -0.3 is 19.3 Å². The summed E-state index contributed by atoms with van der Waals surface area (Å²) in [5.41, 5.74) is 2.95. The molecule has 0 fully saturated rings. The van der Waals surface area contributed by atoms with Crippen molar-refractivity contribution in [3.8, 4) is 23.0 Å². The number of nitrogens with one attached hydrogen (secondary N) is 1. The molecule has 1 aliphatic rings.